The number of pyridine rings is 2. The first-order valence-electron chi connectivity index (χ1n) is 33.9. The fraction of sp³-hybridized carbons (Fsp3) is 0.444. The van der Waals surface area contributed by atoms with Gasteiger partial charge in [0.15, 0.2) is 5.43 Å². The third-order valence-corrected chi connectivity index (χ3v) is 22.8. The number of non-ortho nitro benzene ring substituents is 2. The third kappa shape index (κ3) is 23.5. The molecule has 7 heterocycles. The van der Waals surface area contributed by atoms with Crippen molar-refractivity contribution in [1.82, 2.24) is 35.7 Å². The van der Waals surface area contributed by atoms with E-state index in [1.807, 2.05) is 33.8 Å². The topological polar surface area (TPSA) is 305 Å². The lowest BCUT2D eigenvalue weighted by Crippen LogP contribution is -2.48. The van der Waals surface area contributed by atoms with Crippen molar-refractivity contribution in [2.24, 2.45) is 35.5 Å². The summed E-state index contributed by atoms with van der Waals surface area (Å²) in [4.78, 5) is 116. The van der Waals surface area contributed by atoms with Crippen LogP contribution in [0.1, 0.15) is 148 Å². The summed E-state index contributed by atoms with van der Waals surface area (Å²) in [5, 5.41) is 30.7. The van der Waals surface area contributed by atoms with Gasteiger partial charge in [0, 0.05) is 121 Å². The average Bonchev–Trinajstić information content (AvgIpc) is 1.64. The number of rotatable bonds is 17. The van der Waals surface area contributed by atoms with Crippen LogP contribution in [0, 0.1) is 83.4 Å². The molecule has 5 aromatic heterocycles. The van der Waals surface area contributed by atoms with Crippen LogP contribution < -0.4 is 35.6 Å². The molecule has 5 amide bonds. The zero-order chi connectivity index (χ0) is 73.1. The Kier molecular flexibility index (Phi) is 28.7. The number of likely N-dealkylation sites (tertiary alicyclic amines) is 2. The summed E-state index contributed by atoms with van der Waals surface area (Å²) in [6.07, 6.45) is 19.5. The summed E-state index contributed by atoms with van der Waals surface area (Å²) in [5.74, 6) is 4.05. The number of aromatic amines is 1. The monoisotopic (exact) mass is 1530 g/mol. The summed E-state index contributed by atoms with van der Waals surface area (Å²) in [6.45, 7) is 9.86. The number of carbonyl (C=O) groups is 6. The number of halogens is 4. The van der Waals surface area contributed by atoms with E-state index in [1.54, 1.807) is 58.6 Å². The number of aryl methyl sites for hydroxylation is 2. The summed E-state index contributed by atoms with van der Waals surface area (Å²) < 4.78 is 17.3. The Morgan fingerprint density at radius 1 is 0.500 bits per heavy atom. The second kappa shape index (κ2) is 37.5. The fourth-order valence-corrected chi connectivity index (χ4v) is 15.6. The van der Waals surface area contributed by atoms with Crippen molar-refractivity contribution in [3.8, 4) is 17.2 Å². The van der Waals surface area contributed by atoms with Gasteiger partial charge in [0.25, 0.3) is 29.1 Å². The fourth-order valence-electron chi connectivity index (χ4n) is 12.7. The van der Waals surface area contributed by atoms with Gasteiger partial charge in [-0.05, 0) is 207 Å². The zero-order valence-electron chi connectivity index (χ0n) is 56.7. The first-order chi connectivity index (χ1) is 48.9. The number of ether oxygens (including phenoxy) is 3. The number of nitrogens with zero attached hydrogens (tertiary/aromatic N) is 5. The molecule has 4 saturated carbocycles. The summed E-state index contributed by atoms with van der Waals surface area (Å²) in [6, 6.07) is 25.0. The van der Waals surface area contributed by atoms with Gasteiger partial charge in [-0.25, -0.2) is 14.4 Å². The zero-order valence-corrected chi connectivity index (χ0v) is 62.2. The summed E-state index contributed by atoms with van der Waals surface area (Å²) in [5.41, 5.74) is 2.48. The SMILES string of the molecule is Cc1[nH]ccc(=O)c1C.Cc1nccc(OC(=O)N2CCC([C@H](NC(=O)c3ccc(Cl)s3)C3CC3)CC2)c1C.O=C(Cl)Oc1ccc([N+](=O)[O-])cc1.O=C(N[C@@H](C1CCCCC1)C1CC1)c1ccc(Cl)s1.O=C(N[C@H](C1CC1)C1CCN(C(=O)Oc2ccc([N+](=O)[O-])cc2)CC1)c1ccc(Cl)s1. The van der Waals surface area contributed by atoms with Crippen LogP contribution >= 0.6 is 80.4 Å². The van der Waals surface area contributed by atoms with Gasteiger partial charge in [-0.1, -0.05) is 54.1 Å². The molecular weight excluding hydrogens is 1450 g/mol. The number of thiophene rings is 3. The standard InChI is InChI=1S/C22H26ClN3O3S.C21H22ClN3O5S.C15H20ClNOS.C7H4ClNO4.C7H9NO/c1-13-14(2)24-10-7-17(13)29-22(28)26-11-8-16(9-12-26)20(15-3-4-15)25-21(27)18-5-6-19(23)30-18;22-18-8-7-17(31-18)20(26)23-19(13-1-2-13)14-9-11-24(12-10-14)21(27)30-16-5-3-15(4-6-16)25(28)29;16-13-9-8-12(19-13)15(18)17-14(11-6-7-11)10-4-2-1-3-5-10;8-7(10)13-6-3-1-5(2-4-6)9(11)12;1-5-6(2)8-4-3-7(5)9/h5-7,10,15-16,20H,3-4,8-9,11-12H2,1-2H3,(H,25,27);3-8,13-14,19H,1-2,9-12H2,(H,23,26);8-11,14H,1-7H2,(H,17,18);1-4H;3-4H,1-2H3,(H,8,9)/t20-;19-;14-;;/m110../s1. The minimum absolute atomic E-state index is 0.0471. The molecule has 13 rings (SSSR count). The molecule has 23 nitrogen and oxygen atoms in total. The van der Waals surface area contributed by atoms with Crippen LogP contribution in [0.5, 0.6) is 17.2 Å². The highest BCUT2D eigenvalue weighted by Gasteiger charge is 2.42. The van der Waals surface area contributed by atoms with E-state index in [0.29, 0.717) is 90.3 Å². The minimum atomic E-state index is -0.978. The maximum absolute atomic E-state index is 12.6. The van der Waals surface area contributed by atoms with Crippen LogP contribution in [0.25, 0.3) is 0 Å². The Balaban J connectivity index is 0.000000158. The molecule has 30 heteroatoms. The van der Waals surface area contributed by atoms with Gasteiger partial charge in [-0.3, -0.25) is 44.4 Å². The number of aromatic nitrogens is 2. The van der Waals surface area contributed by atoms with E-state index in [-0.39, 0.29) is 64.2 Å². The molecule has 4 aliphatic carbocycles. The van der Waals surface area contributed by atoms with Crippen molar-refractivity contribution < 1.29 is 52.8 Å². The van der Waals surface area contributed by atoms with Crippen molar-refractivity contribution >= 4 is 127 Å². The Labute approximate surface area is 622 Å². The molecule has 6 fully saturated rings. The Bertz CT molecular complexity index is 4100. The maximum atomic E-state index is 12.6. The van der Waals surface area contributed by atoms with E-state index >= 15 is 0 Å². The first kappa shape index (κ1) is 78.2. The largest absolute Gasteiger partial charge is 0.415 e. The van der Waals surface area contributed by atoms with Crippen molar-refractivity contribution in [3.63, 3.8) is 0 Å². The number of nitro benzene ring substituents is 2. The van der Waals surface area contributed by atoms with Crippen LogP contribution in [0.2, 0.25) is 13.0 Å². The normalized spacial score (nSPS) is 16.9. The predicted molar refractivity (Wildman–Crippen MR) is 395 cm³/mol. The molecule has 2 aromatic carbocycles. The van der Waals surface area contributed by atoms with Crippen LogP contribution in [-0.2, 0) is 0 Å². The van der Waals surface area contributed by atoms with Gasteiger partial charge in [-0.15, -0.1) is 34.0 Å². The highest BCUT2D eigenvalue weighted by atomic mass is 35.5. The van der Waals surface area contributed by atoms with E-state index in [2.05, 4.69) is 30.7 Å². The van der Waals surface area contributed by atoms with E-state index in [4.69, 9.17) is 55.9 Å². The lowest BCUT2D eigenvalue weighted by atomic mass is 9.82. The van der Waals surface area contributed by atoms with Crippen LogP contribution in [-0.4, -0.2) is 109 Å². The Morgan fingerprint density at radius 2 is 0.873 bits per heavy atom. The van der Waals surface area contributed by atoms with Crippen LogP contribution in [0.3, 0.4) is 0 Å². The van der Waals surface area contributed by atoms with Crippen molar-refractivity contribution in [2.75, 3.05) is 26.2 Å². The van der Waals surface area contributed by atoms with Crippen molar-refractivity contribution in [3.05, 3.63) is 190 Å². The number of nitro groups is 2. The van der Waals surface area contributed by atoms with Crippen molar-refractivity contribution in [1.29, 1.82) is 0 Å². The van der Waals surface area contributed by atoms with Crippen LogP contribution in [0.4, 0.5) is 25.8 Å². The number of hydrogen-bond acceptors (Lipinski definition) is 18. The second-order valence-electron chi connectivity index (χ2n) is 26.1. The molecule has 6 aliphatic rings. The lowest BCUT2D eigenvalue weighted by Gasteiger charge is -2.36. The number of nitrogens with one attached hydrogen (secondary N) is 4. The second-order valence-corrected chi connectivity index (χ2v) is 31.5. The molecule has 0 spiro atoms. The highest BCUT2D eigenvalue weighted by Crippen LogP contribution is 2.43. The van der Waals surface area contributed by atoms with Gasteiger partial charge in [0.05, 0.1) is 37.5 Å². The number of carbonyl (C=O) groups excluding carboxylic acids is 6. The third-order valence-electron chi connectivity index (χ3n) is 19.0. The van der Waals surface area contributed by atoms with Gasteiger partial charge in [0.1, 0.15) is 17.2 Å². The molecule has 7 aromatic rings. The predicted octanol–water partition coefficient (Wildman–Crippen LogP) is 17.4. The van der Waals surface area contributed by atoms with Gasteiger partial charge in [-0.2, -0.15) is 0 Å². The lowest BCUT2D eigenvalue weighted by molar-refractivity contribution is -0.385. The molecule has 4 N–H and O–H groups in total. The summed E-state index contributed by atoms with van der Waals surface area (Å²) >= 11 is 26.7. The van der Waals surface area contributed by atoms with E-state index in [1.165, 1.54) is 134 Å². The molecule has 102 heavy (non-hydrogen) atoms. The molecule has 544 valence electrons. The molecule has 0 unspecified atom stereocenters. The molecular formula is C72H81Cl4N9O14S3. The average molecular weight is 1530 g/mol. The number of hydrogen-bond donors (Lipinski definition) is 4. The van der Waals surface area contributed by atoms with E-state index in [0.717, 1.165) is 84.7 Å². The minimum Gasteiger partial charge on any atom is -0.414 e. The Morgan fingerprint density at radius 3 is 1.22 bits per heavy atom. The smallest absolute Gasteiger partial charge is 0.414 e. The maximum Gasteiger partial charge on any atom is 0.415 e. The summed E-state index contributed by atoms with van der Waals surface area (Å²) in [7, 11) is 0. The number of piperidine rings is 2. The van der Waals surface area contributed by atoms with Crippen molar-refractivity contribution in [2.45, 2.75) is 142 Å². The van der Waals surface area contributed by atoms with E-state index < -0.39 is 21.4 Å². The quantitative estimate of drug-likeness (QED) is 0.0374. The van der Waals surface area contributed by atoms with Gasteiger partial charge >= 0.3 is 17.6 Å². The van der Waals surface area contributed by atoms with Gasteiger partial charge in [0.2, 0.25) is 0 Å². The number of amides is 5. The van der Waals surface area contributed by atoms with E-state index in [9.17, 15) is 53.8 Å². The molecule has 2 aliphatic heterocycles. The number of benzene rings is 2. The Hall–Kier alpha value is -7.98. The first-order valence-corrected chi connectivity index (χ1v) is 37.9. The number of H-pyrrole nitrogens is 1. The highest BCUT2D eigenvalue weighted by molar-refractivity contribution is 7.18. The molecule has 0 radical (unpaired) electrons. The molecule has 3 atom stereocenters. The molecule has 2 saturated heterocycles. The van der Waals surface area contributed by atoms with Crippen LogP contribution in [0.15, 0.2) is 114 Å². The molecule has 0 bridgehead atoms. The van der Waals surface area contributed by atoms with Gasteiger partial charge < -0.3 is 44.9 Å².